The quantitative estimate of drug-likeness (QED) is 0.873. The molecular weight excluding hydrogens is 252 g/mol. The highest BCUT2D eigenvalue weighted by atomic mass is 35.5. The highest BCUT2D eigenvalue weighted by Crippen LogP contribution is 2.18. The first-order valence-electron chi connectivity index (χ1n) is 5.81. The summed E-state index contributed by atoms with van der Waals surface area (Å²) in [5.41, 5.74) is 1.73. The van der Waals surface area contributed by atoms with Gasteiger partial charge in [0.15, 0.2) is 0 Å². The predicted octanol–water partition coefficient (Wildman–Crippen LogP) is 3.02. The second-order valence-corrected chi connectivity index (χ2v) is 4.17. The van der Waals surface area contributed by atoms with Crippen molar-refractivity contribution >= 4 is 11.6 Å². The standard InChI is InChI=1S/C13H15ClN2O2/c1-2-15-7-11-9-18-13(16-11)17-8-10-5-3-4-6-12(10)14/h3-6,9,15H,2,7-8H2,1H3. The maximum absolute atomic E-state index is 6.02. The molecule has 0 bridgehead atoms. The third kappa shape index (κ3) is 3.48. The molecule has 0 aliphatic rings. The fourth-order valence-electron chi connectivity index (χ4n) is 1.44. The van der Waals surface area contributed by atoms with Gasteiger partial charge in [0.05, 0.1) is 5.69 Å². The summed E-state index contributed by atoms with van der Waals surface area (Å²) in [6.07, 6.45) is 1.85. The summed E-state index contributed by atoms with van der Waals surface area (Å²) < 4.78 is 10.7. The molecule has 1 heterocycles. The number of hydrogen-bond donors (Lipinski definition) is 1. The van der Waals surface area contributed by atoms with Crippen LogP contribution in [0.5, 0.6) is 6.08 Å². The summed E-state index contributed by atoms with van der Waals surface area (Å²) in [4.78, 5) is 4.20. The number of rotatable bonds is 6. The van der Waals surface area contributed by atoms with Gasteiger partial charge in [0, 0.05) is 17.1 Å². The van der Waals surface area contributed by atoms with Crippen LogP contribution in [0.25, 0.3) is 0 Å². The van der Waals surface area contributed by atoms with E-state index in [1.54, 1.807) is 6.26 Å². The number of benzene rings is 1. The van der Waals surface area contributed by atoms with Gasteiger partial charge in [-0.25, -0.2) is 0 Å². The van der Waals surface area contributed by atoms with E-state index in [0.29, 0.717) is 18.2 Å². The number of oxazole rings is 1. The van der Waals surface area contributed by atoms with E-state index in [4.69, 9.17) is 20.8 Å². The third-order valence-corrected chi connectivity index (χ3v) is 2.76. The van der Waals surface area contributed by atoms with Crippen molar-refractivity contribution in [2.75, 3.05) is 6.54 Å². The predicted molar refractivity (Wildman–Crippen MR) is 69.7 cm³/mol. The maximum Gasteiger partial charge on any atom is 0.394 e. The second kappa shape index (κ2) is 6.42. The average molecular weight is 267 g/mol. The molecule has 1 N–H and O–H groups in total. The van der Waals surface area contributed by atoms with E-state index in [1.165, 1.54) is 0 Å². The first kappa shape index (κ1) is 12.9. The Kier molecular flexibility index (Phi) is 4.61. The number of halogens is 1. The highest BCUT2D eigenvalue weighted by molar-refractivity contribution is 6.31. The molecule has 0 aliphatic heterocycles. The lowest BCUT2D eigenvalue weighted by atomic mass is 10.2. The molecule has 0 spiro atoms. The lowest BCUT2D eigenvalue weighted by Crippen LogP contribution is -2.11. The fourth-order valence-corrected chi connectivity index (χ4v) is 1.63. The molecule has 1 aromatic heterocycles. The van der Waals surface area contributed by atoms with Crippen molar-refractivity contribution in [2.24, 2.45) is 0 Å². The molecule has 96 valence electrons. The molecule has 18 heavy (non-hydrogen) atoms. The van der Waals surface area contributed by atoms with E-state index < -0.39 is 0 Å². The third-order valence-electron chi connectivity index (χ3n) is 2.40. The monoisotopic (exact) mass is 266 g/mol. The van der Waals surface area contributed by atoms with Crippen molar-refractivity contribution in [3.8, 4) is 6.08 Å². The van der Waals surface area contributed by atoms with Gasteiger partial charge in [-0.2, -0.15) is 4.98 Å². The number of nitrogens with zero attached hydrogens (tertiary/aromatic N) is 1. The second-order valence-electron chi connectivity index (χ2n) is 3.77. The summed E-state index contributed by atoms with van der Waals surface area (Å²) in [5, 5.41) is 3.84. The number of hydrogen-bond acceptors (Lipinski definition) is 4. The largest absolute Gasteiger partial charge is 0.445 e. The van der Waals surface area contributed by atoms with Crippen LogP contribution in [0.2, 0.25) is 5.02 Å². The summed E-state index contributed by atoms with van der Waals surface area (Å²) in [5.74, 6) is 0. The van der Waals surface area contributed by atoms with Gasteiger partial charge in [0.25, 0.3) is 0 Å². The van der Waals surface area contributed by atoms with Crippen LogP contribution in [0.15, 0.2) is 34.9 Å². The Labute approximate surface area is 111 Å². The first-order valence-corrected chi connectivity index (χ1v) is 6.18. The molecule has 0 atom stereocenters. The van der Waals surface area contributed by atoms with Crippen LogP contribution in [0.4, 0.5) is 0 Å². The van der Waals surface area contributed by atoms with Crippen molar-refractivity contribution in [1.82, 2.24) is 10.3 Å². The SMILES string of the molecule is CCNCc1coc(OCc2ccccc2Cl)n1. The van der Waals surface area contributed by atoms with E-state index in [2.05, 4.69) is 10.3 Å². The zero-order valence-corrected chi connectivity index (χ0v) is 10.9. The van der Waals surface area contributed by atoms with Crippen LogP contribution in [0, 0.1) is 0 Å². The molecule has 0 radical (unpaired) electrons. The smallest absolute Gasteiger partial charge is 0.394 e. The Hall–Kier alpha value is -1.52. The van der Waals surface area contributed by atoms with Gasteiger partial charge in [0.2, 0.25) is 0 Å². The lowest BCUT2D eigenvalue weighted by molar-refractivity contribution is 0.220. The van der Waals surface area contributed by atoms with Crippen molar-refractivity contribution in [3.05, 3.63) is 46.8 Å². The minimum absolute atomic E-state index is 0.267. The molecule has 2 aromatic rings. The summed E-state index contributed by atoms with van der Waals surface area (Å²) in [6, 6.07) is 7.53. The molecule has 4 nitrogen and oxygen atoms in total. The lowest BCUT2D eigenvalue weighted by Gasteiger charge is -2.03. The highest BCUT2D eigenvalue weighted by Gasteiger charge is 2.06. The topological polar surface area (TPSA) is 47.3 Å². The normalized spacial score (nSPS) is 10.6. The number of ether oxygens (including phenoxy) is 1. The Morgan fingerprint density at radius 1 is 1.39 bits per heavy atom. The van der Waals surface area contributed by atoms with Crippen LogP contribution < -0.4 is 10.1 Å². The zero-order valence-electron chi connectivity index (χ0n) is 10.1. The first-order chi connectivity index (χ1) is 8.79. The van der Waals surface area contributed by atoms with Gasteiger partial charge in [-0.15, -0.1) is 0 Å². The van der Waals surface area contributed by atoms with E-state index in [9.17, 15) is 0 Å². The summed E-state index contributed by atoms with van der Waals surface area (Å²) >= 11 is 6.02. The van der Waals surface area contributed by atoms with Gasteiger partial charge in [-0.3, -0.25) is 0 Å². The Balaban J connectivity index is 1.90. The minimum atomic E-state index is 0.267. The fraction of sp³-hybridized carbons (Fsp3) is 0.308. The van der Waals surface area contributed by atoms with E-state index >= 15 is 0 Å². The molecule has 0 aliphatic carbocycles. The molecule has 1 aromatic carbocycles. The van der Waals surface area contributed by atoms with Gasteiger partial charge >= 0.3 is 6.08 Å². The van der Waals surface area contributed by atoms with Crippen LogP contribution in [-0.4, -0.2) is 11.5 Å². The van der Waals surface area contributed by atoms with Crippen molar-refractivity contribution in [3.63, 3.8) is 0 Å². The van der Waals surface area contributed by atoms with Crippen molar-refractivity contribution in [2.45, 2.75) is 20.1 Å². The molecular formula is C13H15ClN2O2. The van der Waals surface area contributed by atoms with Gasteiger partial charge in [-0.1, -0.05) is 36.7 Å². The molecule has 0 fully saturated rings. The van der Waals surface area contributed by atoms with Crippen molar-refractivity contribution < 1.29 is 9.15 Å². The van der Waals surface area contributed by atoms with Crippen LogP contribution in [-0.2, 0) is 13.2 Å². The molecule has 0 unspecified atom stereocenters. The molecule has 0 saturated carbocycles. The summed E-state index contributed by atoms with van der Waals surface area (Å²) in [6.45, 7) is 3.95. The number of aromatic nitrogens is 1. The Morgan fingerprint density at radius 3 is 3.00 bits per heavy atom. The molecule has 5 heteroatoms. The molecule has 0 amide bonds. The van der Waals surface area contributed by atoms with E-state index in [1.807, 2.05) is 31.2 Å². The van der Waals surface area contributed by atoms with Gasteiger partial charge < -0.3 is 14.5 Å². The molecule has 0 saturated heterocycles. The number of nitrogens with one attached hydrogen (secondary N) is 1. The minimum Gasteiger partial charge on any atom is -0.445 e. The van der Waals surface area contributed by atoms with Gasteiger partial charge in [0.1, 0.15) is 12.9 Å². The van der Waals surface area contributed by atoms with Crippen LogP contribution in [0.3, 0.4) is 0 Å². The average Bonchev–Trinajstić information content (AvgIpc) is 2.83. The Morgan fingerprint density at radius 2 is 2.22 bits per heavy atom. The van der Waals surface area contributed by atoms with E-state index in [0.717, 1.165) is 17.8 Å². The van der Waals surface area contributed by atoms with Crippen molar-refractivity contribution in [1.29, 1.82) is 0 Å². The zero-order chi connectivity index (χ0) is 12.8. The molecule has 2 rings (SSSR count). The Bertz CT molecular complexity index is 499. The summed E-state index contributed by atoms with van der Waals surface area (Å²) in [7, 11) is 0. The van der Waals surface area contributed by atoms with Gasteiger partial charge in [-0.05, 0) is 12.6 Å². The van der Waals surface area contributed by atoms with Crippen LogP contribution >= 0.6 is 11.6 Å². The van der Waals surface area contributed by atoms with E-state index in [-0.39, 0.29) is 6.08 Å². The maximum atomic E-state index is 6.02. The van der Waals surface area contributed by atoms with Crippen LogP contribution in [0.1, 0.15) is 18.2 Å².